The Labute approximate surface area is 109 Å². The minimum Gasteiger partial charge on any atom is -0.497 e. The van der Waals surface area contributed by atoms with Gasteiger partial charge < -0.3 is 10.5 Å². The summed E-state index contributed by atoms with van der Waals surface area (Å²) in [5.74, 6) is 2.08. The van der Waals surface area contributed by atoms with Crippen LogP contribution >= 0.6 is 0 Å². The summed E-state index contributed by atoms with van der Waals surface area (Å²) in [6.07, 6.45) is 6.24. The van der Waals surface area contributed by atoms with E-state index in [0.717, 1.165) is 22.8 Å². The topological polar surface area (TPSA) is 47.6 Å². The molecule has 0 bridgehead atoms. The van der Waals surface area contributed by atoms with Gasteiger partial charge in [-0.05, 0) is 31.4 Å². The van der Waals surface area contributed by atoms with E-state index in [4.69, 9.17) is 10.5 Å². The average molecular weight is 246 g/mol. The van der Waals surface area contributed by atoms with Crippen molar-refractivity contribution in [2.24, 2.45) is 16.6 Å². The van der Waals surface area contributed by atoms with Gasteiger partial charge in [0.15, 0.2) is 0 Å². The number of aryl methyl sites for hydroxylation is 1. The number of nitrogens with zero attached hydrogens (tertiary/aromatic N) is 1. The fourth-order valence-electron chi connectivity index (χ4n) is 2.47. The normalized spacial score (nSPS) is 17.8. The summed E-state index contributed by atoms with van der Waals surface area (Å²) in [7, 11) is 1.67. The van der Waals surface area contributed by atoms with Crippen LogP contribution in [0.3, 0.4) is 0 Å². The lowest BCUT2D eigenvalue weighted by molar-refractivity contribution is 0.415. The summed E-state index contributed by atoms with van der Waals surface area (Å²) in [6.45, 7) is 2.05. The molecule has 0 unspecified atom stereocenters. The number of methoxy groups -OCH3 is 1. The van der Waals surface area contributed by atoms with Gasteiger partial charge in [-0.15, -0.1) is 0 Å². The predicted molar refractivity (Wildman–Crippen MR) is 75.6 cm³/mol. The molecular weight excluding hydrogens is 224 g/mol. The second-order valence-electron chi connectivity index (χ2n) is 5.02. The number of amidine groups is 1. The van der Waals surface area contributed by atoms with Crippen molar-refractivity contribution in [3.8, 4) is 5.75 Å². The van der Waals surface area contributed by atoms with Gasteiger partial charge >= 0.3 is 0 Å². The first-order chi connectivity index (χ1) is 8.70. The van der Waals surface area contributed by atoms with Crippen LogP contribution in [-0.4, -0.2) is 12.9 Å². The largest absolute Gasteiger partial charge is 0.497 e. The van der Waals surface area contributed by atoms with Gasteiger partial charge in [-0.1, -0.05) is 25.3 Å². The molecule has 0 saturated heterocycles. The first-order valence-electron chi connectivity index (χ1n) is 6.69. The lowest BCUT2D eigenvalue weighted by Gasteiger charge is -2.21. The van der Waals surface area contributed by atoms with E-state index in [2.05, 4.69) is 4.99 Å². The third-order valence-electron chi connectivity index (χ3n) is 3.69. The van der Waals surface area contributed by atoms with Crippen LogP contribution in [0.5, 0.6) is 5.75 Å². The molecule has 1 aromatic rings. The predicted octanol–water partition coefficient (Wildman–Crippen LogP) is 3.57. The maximum absolute atomic E-state index is 6.15. The third kappa shape index (κ3) is 3.03. The van der Waals surface area contributed by atoms with Crippen LogP contribution in [-0.2, 0) is 0 Å². The standard InChI is InChI=1S/C15H22N2O/c1-11-8-9-13(18-2)10-14(11)17-15(16)12-6-4-3-5-7-12/h8-10,12H,3-7H2,1-2H3,(H2,16,17). The summed E-state index contributed by atoms with van der Waals surface area (Å²) in [6, 6.07) is 5.92. The zero-order valence-electron chi connectivity index (χ0n) is 11.3. The molecule has 1 aromatic carbocycles. The molecule has 0 atom stereocenters. The van der Waals surface area contributed by atoms with Crippen molar-refractivity contribution >= 4 is 11.5 Å². The number of hydrogen-bond acceptors (Lipinski definition) is 2. The SMILES string of the molecule is COc1ccc(C)c(N=C(N)C2CCCCC2)c1. The van der Waals surface area contributed by atoms with E-state index in [1.165, 1.54) is 32.1 Å². The number of ether oxygens (including phenoxy) is 1. The van der Waals surface area contributed by atoms with Gasteiger partial charge in [0.25, 0.3) is 0 Å². The number of rotatable bonds is 3. The van der Waals surface area contributed by atoms with Crippen LogP contribution in [0, 0.1) is 12.8 Å². The Morgan fingerprint density at radius 1 is 1.28 bits per heavy atom. The summed E-state index contributed by atoms with van der Waals surface area (Å²) in [5.41, 5.74) is 8.21. The second-order valence-corrected chi connectivity index (χ2v) is 5.02. The molecule has 2 N–H and O–H groups in total. The van der Waals surface area contributed by atoms with Gasteiger partial charge in [-0.2, -0.15) is 0 Å². The highest BCUT2D eigenvalue weighted by molar-refractivity contribution is 5.86. The van der Waals surface area contributed by atoms with Crippen molar-refractivity contribution in [3.63, 3.8) is 0 Å². The van der Waals surface area contributed by atoms with E-state index >= 15 is 0 Å². The van der Waals surface area contributed by atoms with E-state index in [9.17, 15) is 0 Å². The molecule has 0 aromatic heterocycles. The molecule has 0 heterocycles. The first kappa shape index (κ1) is 12.9. The Balaban J connectivity index is 2.19. The fraction of sp³-hybridized carbons (Fsp3) is 0.533. The number of hydrogen-bond donors (Lipinski definition) is 1. The minimum atomic E-state index is 0.462. The van der Waals surface area contributed by atoms with Crippen molar-refractivity contribution in [2.45, 2.75) is 39.0 Å². The Kier molecular flexibility index (Phi) is 4.24. The van der Waals surface area contributed by atoms with Crippen LogP contribution < -0.4 is 10.5 Å². The summed E-state index contributed by atoms with van der Waals surface area (Å²) >= 11 is 0. The molecule has 98 valence electrons. The van der Waals surface area contributed by atoms with Crippen molar-refractivity contribution in [3.05, 3.63) is 23.8 Å². The minimum absolute atomic E-state index is 0.462. The highest BCUT2D eigenvalue weighted by atomic mass is 16.5. The van der Waals surface area contributed by atoms with Crippen LogP contribution in [0.15, 0.2) is 23.2 Å². The van der Waals surface area contributed by atoms with Crippen LogP contribution in [0.2, 0.25) is 0 Å². The lowest BCUT2D eigenvalue weighted by atomic mass is 9.88. The zero-order chi connectivity index (χ0) is 13.0. The van der Waals surface area contributed by atoms with Gasteiger partial charge in [-0.3, -0.25) is 0 Å². The van der Waals surface area contributed by atoms with Gasteiger partial charge in [-0.25, -0.2) is 4.99 Å². The summed E-state index contributed by atoms with van der Waals surface area (Å²) in [4.78, 5) is 4.61. The van der Waals surface area contributed by atoms with E-state index < -0.39 is 0 Å². The van der Waals surface area contributed by atoms with E-state index in [-0.39, 0.29) is 0 Å². The molecule has 0 amide bonds. The summed E-state index contributed by atoms with van der Waals surface area (Å²) < 4.78 is 5.23. The molecule has 0 radical (unpaired) electrons. The molecule has 0 aliphatic heterocycles. The zero-order valence-corrected chi connectivity index (χ0v) is 11.3. The van der Waals surface area contributed by atoms with Gasteiger partial charge in [0.1, 0.15) is 11.6 Å². The quantitative estimate of drug-likeness (QED) is 0.654. The highest BCUT2D eigenvalue weighted by Gasteiger charge is 2.17. The molecule has 3 nitrogen and oxygen atoms in total. The molecule has 0 spiro atoms. The van der Waals surface area contributed by atoms with Crippen molar-refractivity contribution < 1.29 is 4.74 Å². The van der Waals surface area contributed by atoms with Gasteiger partial charge in [0.05, 0.1) is 12.8 Å². The maximum Gasteiger partial charge on any atom is 0.121 e. The molecular formula is C15H22N2O. The van der Waals surface area contributed by atoms with Crippen LogP contribution in [0.1, 0.15) is 37.7 Å². The van der Waals surface area contributed by atoms with E-state index in [1.54, 1.807) is 7.11 Å². The molecule has 1 aliphatic carbocycles. The second kappa shape index (κ2) is 5.89. The van der Waals surface area contributed by atoms with Gasteiger partial charge in [0, 0.05) is 12.0 Å². The first-order valence-corrected chi connectivity index (χ1v) is 6.69. The molecule has 1 saturated carbocycles. The van der Waals surface area contributed by atoms with Gasteiger partial charge in [0.2, 0.25) is 0 Å². The number of nitrogens with two attached hydrogens (primary N) is 1. The average Bonchev–Trinajstić information content (AvgIpc) is 2.42. The van der Waals surface area contributed by atoms with E-state index in [1.807, 2.05) is 25.1 Å². The summed E-state index contributed by atoms with van der Waals surface area (Å²) in [5, 5.41) is 0. The molecule has 1 fully saturated rings. The van der Waals surface area contributed by atoms with Crippen molar-refractivity contribution in [1.82, 2.24) is 0 Å². The molecule has 3 heteroatoms. The van der Waals surface area contributed by atoms with Crippen LogP contribution in [0.25, 0.3) is 0 Å². The monoisotopic (exact) mass is 246 g/mol. The van der Waals surface area contributed by atoms with E-state index in [0.29, 0.717) is 5.92 Å². The Bertz CT molecular complexity index is 434. The molecule has 1 aliphatic rings. The molecule has 2 rings (SSSR count). The fourth-order valence-corrected chi connectivity index (χ4v) is 2.47. The van der Waals surface area contributed by atoms with Crippen molar-refractivity contribution in [2.75, 3.05) is 7.11 Å². The Morgan fingerprint density at radius 2 is 2.00 bits per heavy atom. The van der Waals surface area contributed by atoms with Crippen LogP contribution in [0.4, 0.5) is 5.69 Å². The lowest BCUT2D eigenvalue weighted by Crippen LogP contribution is -2.25. The Hall–Kier alpha value is -1.51. The Morgan fingerprint density at radius 3 is 2.67 bits per heavy atom. The third-order valence-corrected chi connectivity index (χ3v) is 3.69. The highest BCUT2D eigenvalue weighted by Crippen LogP contribution is 2.28. The number of benzene rings is 1. The smallest absolute Gasteiger partial charge is 0.121 e. The molecule has 18 heavy (non-hydrogen) atoms. The maximum atomic E-state index is 6.15. The number of aliphatic imine (C=N–C) groups is 1. The van der Waals surface area contributed by atoms with Crippen molar-refractivity contribution in [1.29, 1.82) is 0 Å².